The van der Waals surface area contributed by atoms with E-state index in [0.717, 1.165) is 5.56 Å². The summed E-state index contributed by atoms with van der Waals surface area (Å²) in [6.07, 6.45) is 3.45. The number of furan rings is 1. The van der Waals surface area contributed by atoms with Crippen molar-refractivity contribution in [3.05, 3.63) is 71.9 Å². The molecule has 0 unspecified atom stereocenters. The van der Waals surface area contributed by atoms with Crippen LogP contribution in [-0.4, -0.2) is 28.3 Å². The Morgan fingerprint density at radius 1 is 1.20 bits per heavy atom. The number of amides is 1. The van der Waals surface area contributed by atoms with E-state index in [1.54, 1.807) is 35.3 Å². The molecule has 0 aliphatic heterocycles. The molecule has 0 radical (unpaired) electrons. The molecular formula is C18H17N3O4. The van der Waals surface area contributed by atoms with Gasteiger partial charge in [-0.2, -0.15) is 5.10 Å². The summed E-state index contributed by atoms with van der Waals surface area (Å²) in [5, 5.41) is 6.75. The van der Waals surface area contributed by atoms with Gasteiger partial charge < -0.3 is 14.5 Å². The van der Waals surface area contributed by atoms with Crippen LogP contribution in [0.3, 0.4) is 0 Å². The smallest absolute Gasteiger partial charge is 0.374 e. The van der Waals surface area contributed by atoms with Crippen LogP contribution in [0.15, 0.2) is 59.3 Å². The fraction of sp³-hybridized carbons (Fsp3) is 0.167. The van der Waals surface area contributed by atoms with Gasteiger partial charge in [-0.15, -0.1) is 0 Å². The summed E-state index contributed by atoms with van der Waals surface area (Å²) in [7, 11) is 0. The lowest BCUT2D eigenvalue weighted by Gasteiger charge is -2.08. The molecule has 0 fully saturated rings. The zero-order valence-electron chi connectivity index (χ0n) is 13.6. The monoisotopic (exact) mass is 339 g/mol. The van der Waals surface area contributed by atoms with E-state index >= 15 is 0 Å². The molecule has 0 bridgehead atoms. The number of carbonyl (C=O) groups excluding carboxylic acids is 2. The highest BCUT2D eigenvalue weighted by molar-refractivity contribution is 5.95. The van der Waals surface area contributed by atoms with Crippen LogP contribution in [-0.2, 0) is 16.1 Å². The molecule has 1 aromatic carbocycles. The topological polar surface area (TPSA) is 86.4 Å². The van der Waals surface area contributed by atoms with E-state index in [2.05, 4.69) is 10.4 Å². The van der Waals surface area contributed by atoms with Crippen molar-refractivity contribution in [3.63, 3.8) is 0 Å². The lowest BCUT2D eigenvalue weighted by atomic mass is 10.2. The molecule has 7 heteroatoms. The Morgan fingerprint density at radius 2 is 2.04 bits per heavy atom. The van der Waals surface area contributed by atoms with Crippen LogP contribution >= 0.6 is 0 Å². The first-order chi connectivity index (χ1) is 12.1. The highest BCUT2D eigenvalue weighted by atomic mass is 16.5. The molecule has 128 valence electrons. The summed E-state index contributed by atoms with van der Waals surface area (Å²) >= 11 is 0. The van der Waals surface area contributed by atoms with Crippen LogP contribution in [0.2, 0.25) is 0 Å². The molecule has 3 rings (SSSR count). The summed E-state index contributed by atoms with van der Waals surface area (Å²) in [4.78, 5) is 23.9. The average Bonchev–Trinajstić information content (AvgIpc) is 3.27. The molecule has 1 N–H and O–H groups in total. The number of carbonyl (C=O) groups is 2. The van der Waals surface area contributed by atoms with E-state index in [4.69, 9.17) is 9.15 Å². The van der Waals surface area contributed by atoms with E-state index in [1.807, 2.05) is 25.1 Å². The average molecular weight is 339 g/mol. The number of hydrogen-bond donors (Lipinski definition) is 1. The third kappa shape index (κ3) is 4.35. The molecule has 3 aromatic rings. The molecule has 0 saturated heterocycles. The number of aryl methyl sites for hydroxylation is 1. The Bertz CT molecular complexity index is 868. The van der Waals surface area contributed by atoms with Crippen molar-refractivity contribution < 1.29 is 18.7 Å². The Hall–Kier alpha value is -3.35. The third-order valence-electron chi connectivity index (χ3n) is 3.49. The second kappa shape index (κ2) is 7.48. The van der Waals surface area contributed by atoms with Crippen molar-refractivity contribution in [2.45, 2.75) is 13.5 Å². The van der Waals surface area contributed by atoms with Gasteiger partial charge in [0.1, 0.15) is 5.76 Å². The van der Waals surface area contributed by atoms with Crippen LogP contribution in [0.4, 0.5) is 5.69 Å². The lowest BCUT2D eigenvalue weighted by molar-refractivity contribution is -0.119. The van der Waals surface area contributed by atoms with Gasteiger partial charge in [0.15, 0.2) is 6.61 Å². The first-order valence-electron chi connectivity index (χ1n) is 7.70. The van der Waals surface area contributed by atoms with Gasteiger partial charge in [-0.3, -0.25) is 9.48 Å². The summed E-state index contributed by atoms with van der Waals surface area (Å²) in [6, 6.07) is 12.3. The molecule has 25 heavy (non-hydrogen) atoms. The summed E-state index contributed by atoms with van der Waals surface area (Å²) < 4.78 is 12.1. The normalized spacial score (nSPS) is 10.4. The fourth-order valence-electron chi connectivity index (χ4n) is 2.23. The van der Waals surface area contributed by atoms with Crippen molar-refractivity contribution in [1.29, 1.82) is 0 Å². The molecule has 0 aliphatic carbocycles. The number of nitrogens with zero attached hydrogens (tertiary/aromatic N) is 2. The number of benzene rings is 1. The van der Waals surface area contributed by atoms with Gasteiger partial charge in [0, 0.05) is 18.1 Å². The van der Waals surface area contributed by atoms with Crippen LogP contribution < -0.4 is 5.32 Å². The van der Waals surface area contributed by atoms with Gasteiger partial charge in [0.2, 0.25) is 5.76 Å². The number of anilines is 1. The van der Waals surface area contributed by atoms with Gasteiger partial charge in [-0.25, -0.2) is 4.79 Å². The van der Waals surface area contributed by atoms with E-state index < -0.39 is 11.9 Å². The van der Waals surface area contributed by atoms with Gasteiger partial charge in [0.25, 0.3) is 5.91 Å². The quantitative estimate of drug-likeness (QED) is 0.698. The van der Waals surface area contributed by atoms with Gasteiger partial charge >= 0.3 is 5.97 Å². The molecule has 0 saturated carbocycles. The van der Waals surface area contributed by atoms with Crippen molar-refractivity contribution in [1.82, 2.24) is 9.78 Å². The second-order valence-electron chi connectivity index (χ2n) is 5.41. The van der Waals surface area contributed by atoms with Crippen molar-refractivity contribution in [2.24, 2.45) is 0 Å². The minimum absolute atomic E-state index is 0.0471. The van der Waals surface area contributed by atoms with E-state index in [1.165, 1.54) is 6.07 Å². The molecule has 0 aliphatic rings. The molecule has 2 aromatic heterocycles. The minimum atomic E-state index is -0.688. The van der Waals surface area contributed by atoms with Crippen molar-refractivity contribution >= 4 is 17.6 Å². The SMILES string of the molecule is Cc1ccccc1NC(=O)COC(=O)c1ccc(Cn2cccn2)o1. The minimum Gasteiger partial charge on any atom is -0.452 e. The molecule has 7 nitrogen and oxygen atoms in total. The Morgan fingerprint density at radius 3 is 2.80 bits per heavy atom. The molecule has 0 atom stereocenters. The number of hydrogen-bond acceptors (Lipinski definition) is 5. The fourth-order valence-corrected chi connectivity index (χ4v) is 2.23. The molecular weight excluding hydrogens is 322 g/mol. The van der Waals surface area contributed by atoms with Crippen LogP contribution in [0, 0.1) is 6.92 Å². The van der Waals surface area contributed by atoms with Gasteiger partial charge in [-0.1, -0.05) is 18.2 Å². The summed E-state index contributed by atoms with van der Waals surface area (Å²) in [5.74, 6) is -0.483. The first-order valence-corrected chi connectivity index (χ1v) is 7.70. The number of esters is 1. The Balaban J connectivity index is 1.51. The number of aromatic nitrogens is 2. The van der Waals surface area contributed by atoms with Crippen LogP contribution in [0.5, 0.6) is 0 Å². The first kappa shape index (κ1) is 16.5. The third-order valence-corrected chi connectivity index (χ3v) is 3.49. The molecule has 1 amide bonds. The number of rotatable bonds is 6. The van der Waals surface area contributed by atoms with Gasteiger partial charge in [0.05, 0.1) is 6.54 Å². The number of ether oxygens (including phenoxy) is 1. The summed E-state index contributed by atoms with van der Waals surface area (Å²) in [6.45, 7) is 1.90. The van der Waals surface area contributed by atoms with Crippen LogP contribution in [0.25, 0.3) is 0 Å². The highest BCUT2D eigenvalue weighted by Crippen LogP contribution is 2.13. The predicted molar refractivity (Wildman–Crippen MR) is 90.1 cm³/mol. The standard InChI is InChI=1S/C18H17N3O4/c1-13-5-2-3-6-15(13)20-17(22)12-24-18(23)16-8-7-14(25-16)11-21-10-4-9-19-21/h2-10H,11-12H2,1H3,(H,20,22). The highest BCUT2D eigenvalue weighted by Gasteiger charge is 2.15. The Kier molecular flexibility index (Phi) is 4.94. The number of nitrogens with one attached hydrogen (secondary N) is 1. The lowest BCUT2D eigenvalue weighted by Crippen LogP contribution is -2.21. The van der Waals surface area contributed by atoms with Crippen LogP contribution in [0.1, 0.15) is 21.9 Å². The second-order valence-corrected chi connectivity index (χ2v) is 5.41. The van der Waals surface area contributed by atoms with E-state index in [9.17, 15) is 9.59 Å². The maximum atomic E-state index is 12.0. The van der Waals surface area contributed by atoms with E-state index in [-0.39, 0.29) is 12.4 Å². The maximum absolute atomic E-state index is 12.0. The summed E-state index contributed by atoms with van der Waals surface area (Å²) in [5.41, 5.74) is 1.61. The predicted octanol–water partition coefficient (Wildman–Crippen LogP) is 2.63. The van der Waals surface area contributed by atoms with E-state index in [0.29, 0.717) is 18.0 Å². The van der Waals surface area contributed by atoms with Crippen molar-refractivity contribution in [3.8, 4) is 0 Å². The zero-order chi connectivity index (χ0) is 17.6. The maximum Gasteiger partial charge on any atom is 0.374 e. The Labute approximate surface area is 144 Å². The molecule has 0 spiro atoms. The molecule has 2 heterocycles. The zero-order valence-corrected chi connectivity index (χ0v) is 13.6. The largest absolute Gasteiger partial charge is 0.452 e. The number of para-hydroxylation sites is 1. The van der Waals surface area contributed by atoms with Crippen molar-refractivity contribution in [2.75, 3.05) is 11.9 Å². The van der Waals surface area contributed by atoms with Gasteiger partial charge in [-0.05, 0) is 36.8 Å².